The molecule has 15 heavy (non-hydrogen) atoms. The maximum atomic E-state index is 2.25. The summed E-state index contributed by atoms with van der Waals surface area (Å²) >= 11 is 0. The highest BCUT2D eigenvalue weighted by Crippen LogP contribution is 2.03. The van der Waals surface area contributed by atoms with E-state index in [2.05, 4.69) is 59.8 Å². The van der Waals surface area contributed by atoms with Gasteiger partial charge in [-0.2, -0.15) is 0 Å². The molecule has 1 aromatic heterocycles. The van der Waals surface area contributed by atoms with Crippen molar-refractivity contribution in [1.29, 1.82) is 0 Å². The van der Waals surface area contributed by atoms with Crippen molar-refractivity contribution in [3.05, 3.63) is 54.1 Å². The van der Waals surface area contributed by atoms with Crippen molar-refractivity contribution in [3.63, 3.8) is 0 Å². The van der Waals surface area contributed by atoms with Crippen molar-refractivity contribution in [1.82, 2.24) is 4.57 Å². The van der Waals surface area contributed by atoms with Crippen molar-refractivity contribution in [2.24, 2.45) is 7.05 Å². The first-order chi connectivity index (χ1) is 6.77. The van der Waals surface area contributed by atoms with Crippen LogP contribution in [0.3, 0.4) is 0 Å². The summed E-state index contributed by atoms with van der Waals surface area (Å²) in [6.07, 6.45) is 4.20. The number of hydrogen-bond donors (Lipinski definition) is 0. The molecule has 3 heteroatoms. The Hall–Kier alpha value is -1.28. The monoisotopic (exact) mass is 222 g/mol. The summed E-state index contributed by atoms with van der Waals surface area (Å²) in [5, 5.41) is 0. The van der Waals surface area contributed by atoms with Gasteiger partial charge in [-0.15, -0.1) is 0 Å². The Balaban J connectivity index is 0.00000112. The highest BCUT2D eigenvalue weighted by atomic mass is 35.5. The smallest absolute Gasteiger partial charge is 0.253 e. The summed E-state index contributed by atoms with van der Waals surface area (Å²) < 4.78 is 4.37. The first kappa shape index (κ1) is 11.8. The van der Waals surface area contributed by atoms with Crippen LogP contribution in [-0.2, 0) is 13.6 Å². The second-order valence-corrected chi connectivity index (χ2v) is 3.57. The number of hydrogen-bond acceptors (Lipinski definition) is 0. The summed E-state index contributed by atoms with van der Waals surface area (Å²) in [7, 11) is 2.07. The molecular formula is C12H15ClN2. The first-order valence-electron chi connectivity index (χ1n) is 4.82. The van der Waals surface area contributed by atoms with Crippen LogP contribution < -0.4 is 17.0 Å². The molecule has 0 unspecified atom stereocenters. The Bertz CT molecular complexity index is 420. The lowest BCUT2D eigenvalue weighted by Crippen LogP contribution is -3.00. The van der Waals surface area contributed by atoms with E-state index in [4.69, 9.17) is 0 Å². The lowest BCUT2D eigenvalue weighted by Gasteiger charge is -1.98. The van der Waals surface area contributed by atoms with E-state index >= 15 is 0 Å². The van der Waals surface area contributed by atoms with Gasteiger partial charge in [0.15, 0.2) is 0 Å². The van der Waals surface area contributed by atoms with Crippen LogP contribution in [0, 0.1) is 6.92 Å². The van der Waals surface area contributed by atoms with Gasteiger partial charge >= 0.3 is 0 Å². The van der Waals surface area contributed by atoms with E-state index in [1.165, 1.54) is 11.4 Å². The summed E-state index contributed by atoms with van der Waals surface area (Å²) in [6, 6.07) is 10.5. The molecule has 0 aliphatic heterocycles. The summed E-state index contributed by atoms with van der Waals surface area (Å²) in [5.74, 6) is 1.27. The van der Waals surface area contributed by atoms with E-state index in [9.17, 15) is 0 Å². The molecule has 0 spiro atoms. The predicted molar refractivity (Wildman–Crippen MR) is 55.9 cm³/mol. The summed E-state index contributed by atoms with van der Waals surface area (Å²) in [5.41, 5.74) is 1.34. The third-order valence-corrected chi connectivity index (χ3v) is 2.59. The zero-order chi connectivity index (χ0) is 9.97. The molecule has 0 saturated heterocycles. The fraction of sp³-hybridized carbons (Fsp3) is 0.250. The van der Waals surface area contributed by atoms with Crippen molar-refractivity contribution in [3.8, 4) is 0 Å². The molecule has 0 fully saturated rings. The molecule has 2 nitrogen and oxygen atoms in total. The highest BCUT2D eigenvalue weighted by Gasteiger charge is 2.08. The van der Waals surface area contributed by atoms with Crippen LogP contribution in [0.1, 0.15) is 11.4 Å². The molecule has 0 N–H and O–H groups in total. The molecule has 0 radical (unpaired) electrons. The average Bonchev–Trinajstić information content (AvgIpc) is 2.52. The fourth-order valence-electron chi connectivity index (χ4n) is 1.55. The molecule has 80 valence electrons. The number of benzene rings is 1. The first-order valence-corrected chi connectivity index (χ1v) is 4.82. The fourth-order valence-corrected chi connectivity index (χ4v) is 1.55. The SMILES string of the molecule is Cc1n(Cc2ccccc2)cc[n+]1C.[Cl-]. The molecule has 0 bridgehead atoms. The van der Waals surface area contributed by atoms with E-state index in [1.807, 2.05) is 6.07 Å². The normalized spacial score (nSPS) is 9.73. The van der Waals surface area contributed by atoms with Gasteiger partial charge in [0, 0.05) is 6.92 Å². The molecule has 0 amide bonds. The van der Waals surface area contributed by atoms with Crippen LogP contribution in [0.4, 0.5) is 0 Å². The van der Waals surface area contributed by atoms with E-state index in [-0.39, 0.29) is 12.4 Å². The number of imidazole rings is 1. The minimum atomic E-state index is 0. The Kier molecular flexibility index (Phi) is 3.92. The zero-order valence-electron chi connectivity index (χ0n) is 9.02. The third kappa shape index (κ3) is 2.60. The predicted octanol–water partition coefficient (Wildman–Crippen LogP) is -1.33. The third-order valence-electron chi connectivity index (χ3n) is 2.59. The van der Waals surface area contributed by atoms with Gasteiger partial charge in [0.1, 0.15) is 18.9 Å². The van der Waals surface area contributed by atoms with Crippen molar-refractivity contribution in [2.45, 2.75) is 13.5 Å². The van der Waals surface area contributed by atoms with Crippen molar-refractivity contribution in [2.75, 3.05) is 0 Å². The number of aryl methyl sites for hydroxylation is 1. The van der Waals surface area contributed by atoms with E-state index in [0.29, 0.717) is 0 Å². The van der Waals surface area contributed by atoms with Gasteiger partial charge in [-0.25, -0.2) is 9.13 Å². The van der Waals surface area contributed by atoms with Gasteiger partial charge in [0.2, 0.25) is 0 Å². The van der Waals surface area contributed by atoms with Crippen LogP contribution >= 0.6 is 0 Å². The van der Waals surface area contributed by atoms with Crippen LogP contribution in [0.25, 0.3) is 0 Å². The zero-order valence-corrected chi connectivity index (χ0v) is 9.78. The van der Waals surface area contributed by atoms with Gasteiger partial charge in [-0.3, -0.25) is 0 Å². The Labute approximate surface area is 96.6 Å². The van der Waals surface area contributed by atoms with Gasteiger partial charge in [0.25, 0.3) is 5.82 Å². The second-order valence-electron chi connectivity index (χ2n) is 3.57. The lowest BCUT2D eigenvalue weighted by atomic mass is 10.2. The van der Waals surface area contributed by atoms with Gasteiger partial charge < -0.3 is 12.4 Å². The lowest BCUT2D eigenvalue weighted by molar-refractivity contribution is -0.677. The topological polar surface area (TPSA) is 8.81 Å². The van der Waals surface area contributed by atoms with Gasteiger partial charge in [-0.1, -0.05) is 30.3 Å². The Morgan fingerprint density at radius 1 is 1.20 bits per heavy atom. The standard InChI is InChI=1S/C12H15N2.ClH/c1-11-13(2)8-9-14(11)10-12-6-4-3-5-7-12;/h3-9H,10H2,1-2H3;1H/q+1;/p-1. The maximum absolute atomic E-state index is 2.25. The van der Waals surface area contributed by atoms with Crippen LogP contribution in [0.5, 0.6) is 0 Å². The van der Waals surface area contributed by atoms with E-state index in [1.54, 1.807) is 0 Å². The van der Waals surface area contributed by atoms with Gasteiger partial charge in [-0.05, 0) is 5.56 Å². The molecule has 0 aliphatic carbocycles. The number of aromatic nitrogens is 2. The minimum Gasteiger partial charge on any atom is -1.00 e. The molecule has 0 aliphatic rings. The van der Waals surface area contributed by atoms with Crippen LogP contribution in [0.2, 0.25) is 0 Å². The quantitative estimate of drug-likeness (QED) is 0.557. The minimum absolute atomic E-state index is 0. The van der Waals surface area contributed by atoms with Crippen LogP contribution in [-0.4, -0.2) is 4.57 Å². The molecule has 0 atom stereocenters. The molecule has 0 saturated carbocycles. The van der Waals surface area contributed by atoms with Crippen LogP contribution in [0.15, 0.2) is 42.7 Å². The molecular weight excluding hydrogens is 208 g/mol. The largest absolute Gasteiger partial charge is 1.00 e. The number of rotatable bonds is 2. The van der Waals surface area contributed by atoms with Crippen molar-refractivity contribution < 1.29 is 17.0 Å². The number of halogens is 1. The molecule has 2 rings (SSSR count). The second kappa shape index (κ2) is 4.99. The highest BCUT2D eigenvalue weighted by molar-refractivity contribution is 5.15. The summed E-state index contributed by atoms with van der Waals surface area (Å²) in [6.45, 7) is 3.08. The Morgan fingerprint density at radius 3 is 2.40 bits per heavy atom. The number of nitrogens with zero attached hydrogens (tertiary/aromatic N) is 2. The molecule has 1 aromatic carbocycles. The van der Waals surface area contributed by atoms with Crippen molar-refractivity contribution >= 4 is 0 Å². The molecule has 2 aromatic rings. The molecule has 1 heterocycles. The van der Waals surface area contributed by atoms with E-state index in [0.717, 1.165) is 6.54 Å². The average molecular weight is 223 g/mol. The van der Waals surface area contributed by atoms with E-state index < -0.39 is 0 Å². The summed E-state index contributed by atoms with van der Waals surface area (Å²) in [4.78, 5) is 0. The Morgan fingerprint density at radius 2 is 1.87 bits per heavy atom. The maximum Gasteiger partial charge on any atom is 0.253 e. The van der Waals surface area contributed by atoms with Gasteiger partial charge in [0.05, 0.1) is 7.05 Å².